The summed E-state index contributed by atoms with van der Waals surface area (Å²) in [6.07, 6.45) is 6.37. The van der Waals surface area contributed by atoms with E-state index in [0.29, 0.717) is 10.8 Å². The SMILES string of the molecule is NC(=O)CC=Cc1ncc(Cl)cn1. The van der Waals surface area contributed by atoms with E-state index < -0.39 is 0 Å². The number of carbonyl (C=O) groups excluding carboxylic acids is 1. The van der Waals surface area contributed by atoms with Crippen molar-refractivity contribution in [1.29, 1.82) is 0 Å². The molecule has 0 aromatic carbocycles. The van der Waals surface area contributed by atoms with Gasteiger partial charge in [-0.2, -0.15) is 0 Å². The van der Waals surface area contributed by atoms with Crippen molar-refractivity contribution in [1.82, 2.24) is 9.97 Å². The minimum atomic E-state index is -0.384. The van der Waals surface area contributed by atoms with Crippen LogP contribution < -0.4 is 5.73 Å². The molecule has 0 radical (unpaired) electrons. The summed E-state index contributed by atoms with van der Waals surface area (Å²) in [4.78, 5) is 18.1. The first kappa shape index (κ1) is 9.67. The van der Waals surface area contributed by atoms with Crippen LogP contribution in [-0.4, -0.2) is 15.9 Å². The van der Waals surface area contributed by atoms with Gasteiger partial charge in [0.1, 0.15) is 0 Å². The minimum Gasteiger partial charge on any atom is -0.369 e. The molecule has 0 atom stereocenters. The molecule has 0 saturated heterocycles. The van der Waals surface area contributed by atoms with Gasteiger partial charge in [0.15, 0.2) is 5.82 Å². The average molecular weight is 198 g/mol. The predicted octanol–water partition coefficient (Wildman–Crippen LogP) is 1.02. The normalized spacial score (nSPS) is 10.5. The maximum atomic E-state index is 10.4. The van der Waals surface area contributed by atoms with Crippen molar-refractivity contribution < 1.29 is 4.79 Å². The van der Waals surface area contributed by atoms with Crippen molar-refractivity contribution in [3.8, 4) is 0 Å². The number of carbonyl (C=O) groups is 1. The molecule has 13 heavy (non-hydrogen) atoms. The van der Waals surface area contributed by atoms with Crippen LogP contribution in [0.4, 0.5) is 0 Å². The second-order valence-electron chi connectivity index (χ2n) is 2.33. The number of nitrogens with zero attached hydrogens (tertiary/aromatic N) is 2. The first-order valence-corrected chi connectivity index (χ1v) is 3.98. The zero-order valence-corrected chi connectivity index (χ0v) is 7.53. The number of aromatic nitrogens is 2. The first-order valence-electron chi connectivity index (χ1n) is 3.61. The molecule has 0 saturated carbocycles. The maximum Gasteiger partial charge on any atom is 0.221 e. The molecule has 1 amide bonds. The molecule has 0 unspecified atom stereocenters. The van der Waals surface area contributed by atoms with Crippen LogP contribution in [0.25, 0.3) is 6.08 Å². The van der Waals surface area contributed by atoms with Crippen molar-refractivity contribution in [3.63, 3.8) is 0 Å². The van der Waals surface area contributed by atoms with Crippen molar-refractivity contribution >= 4 is 23.6 Å². The third-order valence-corrected chi connectivity index (χ3v) is 1.42. The van der Waals surface area contributed by atoms with Crippen LogP contribution in [0.3, 0.4) is 0 Å². The number of amides is 1. The summed E-state index contributed by atoms with van der Waals surface area (Å²) in [5.41, 5.74) is 4.93. The molecule has 68 valence electrons. The van der Waals surface area contributed by atoms with Crippen molar-refractivity contribution in [2.45, 2.75) is 6.42 Å². The van der Waals surface area contributed by atoms with Crippen LogP contribution in [0.5, 0.6) is 0 Å². The summed E-state index contributed by atoms with van der Waals surface area (Å²) < 4.78 is 0. The van der Waals surface area contributed by atoms with Gasteiger partial charge >= 0.3 is 0 Å². The summed E-state index contributed by atoms with van der Waals surface area (Å²) in [6, 6.07) is 0. The molecule has 5 heteroatoms. The summed E-state index contributed by atoms with van der Waals surface area (Å²) in [6.45, 7) is 0. The number of hydrogen-bond donors (Lipinski definition) is 1. The van der Waals surface area contributed by atoms with E-state index in [0.717, 1.165) is 0 Å². The molecule has 0 spiro atoms. The second-order valence-corrected chi connectivity index (χ2v) is 2.77. The van der Waals surface area contributed by atoms with Crippen LogP contribution in [0.1, 0.15) is 12.2 Å². The van der Waals surface area contributed by atoms with E-state index in [1.165, 1.54) is 12.4 Å². The van der Waals surface area contributed by atoms with Crippen LogP contribution in [0.15, 0.2) is 18.5 Å². The third kappa shape index (κ3) is 3.66. The maximum absolute atomic E-state index is 10.4. The molecule has 1 aromatic heterocycles. The van der Waals surface area contributed by atoms with Crippen molar-refractivity contribution in [3.05, 3.63) is 29.3 Å². The topological polar surface area (TPSA) is 68.9 Å². The van der Waals surface area contributed by atoms with E-state index in [1.54, 1.807) is 12.2 Å². The molecule has 0 fully saturated rings. The van der Waals surface area contributed by atoms with Gasteiger partial charge in [-0.05, 0) is 6.08 Å². The highest BCUT2D eigenvalue weighted by Gasteiger charge is 1.91. The number of nitrogens with two attached hydrogens (primary N) is 1. The summed E-state index contributed by atoms with van der Waals surface area (Å²) >= 11 is 5.57. The number of halogens is 1. The third-order valence-electron chi connectivity index (χ3n) is 1.23. The molecule has 0 bridgehead atoms. The largest absolute Gasteiger partial charge is 0.369 e. The van der Waals surface area contributed by atoms with E-state index in [4.69, 9.17) is 17.3 Å². The summed E-state index contributed by atoms with van der Waals surface area (Å²) in [7, 11) is 0. The van der Waals surface area contributed by atoms with E-state index in [1.807, 2.05) is 0 Å². The highest BCUT2D eigenvalue weighted by atomic mass is 35.5. The van der Waals surface area contributed by atoms with Gasteiger partial charge in [0.05, 0.1) is 5.02 Å². The Balaban J connectivity index is 2.59. The fourth-order valence-corrected chi connectivity index (χ4v) is 0.786. The van der Waals surface area contributed by atoms with E-state index >= 15 is 0 Å². The first-order chi connectivity index (χ1) is 6.18. The lowest BCUT2D eigenvalue weighted by Crippen LogP contribution is -2.07. The van der Waals surface area contributed by atoms with Gasteiger partial charge < -0.3 is 5.73 Å². The van der Waals surface area contributed by atoms with Gasteiger partial charge in [-0.25, -0.2) is 9.97 Å². The Labute approximate surface area is 80.4 Å². The smallest absolute Gasteiger partial charge is 0.221 e. The molecule has 1 aromatic rings. The Hall–Kier alpha value is -1.42. The number of primary amides is 1. The van der Waals surface area contributed by atoms with Gasteiger partial charge in [0.25, 0.3) is 0 Å². The fourth-order valence-electron chi connectivity index (χ4n) is 0.689. The molecule has 0 aliphatic rings. The lowest BCUT2D eigenvalue weighted by molar-refractivity contribution is -0.117. The molecule has 0 aliphatic carbocycles. The molecule has 2 N–H and O–H groups in total. The second kappa shape index (κ2) is 4.57. The van der Waals surface area contributed by atoms with Crippen LogP contribution in [0.2, 0.25) is 5.02 Å². The Morgan fingerprint density at radius 2 is 2.15 bits per heavy atom. The predicted molar refractivity (Wildman–Crippen MR) is 49.9 cm³/mol. The molecular formula is C8H8ClN3O. The Morgan fingerprint density at radius 3 is 2.69 bits per heavy atom. The van der Waals surface area contributed by atoms with Gasteiger partial charge in [0, 0.05) is 18.8 Å². The quantitative estimate of drug-likeness (QED) is 0.787. The highest BCUT2D eigenvalue weighted by molar-refractivity contribution is 6.30. The molecule has 4 nitrogen and oxygen atoms in total. The zero-order chi connectivity index (χ0) is 9.68. The molecule has 1 heterocycles. The molecule has 0 aliphatic heterocycles. The summed E-state index contributed by atoms with van der Waals surface area (Å²) in [5.74, 6) is 0.121. The fraction of sp³-hybridized carbons (Fsp3) is 0.125. The van der Waals surface area contributed by atoms with Gasteiger partial charge in [0.2, 0.25) is 5.91 Å². The highest BCUT2D eigenvalue weighted by Crippen LogP contribution is 2.03. The summed E-state index contributed by atoms with van der Waals surface area (Å²) in [5, 5.41) is 0.479. The van der Waals surface area contributed by atoms with Gasteiger partial charge in [-0.1, -0.05) is 17.7 Å². The number of hydrogen-bond acceptors (Lipinski definition) is 3. The standard InChI is InChI=1S/C8H8ClN3O/c9-6-4-11-8(12-5-6)3-1-2-7(10)13/h1,3-5H,2H2,(H2,10,13). The van der Waals surface area contributed by atoms with Gasteiger partial charge in [-0.15, -0.1) is 0 Å². The Kier molecular flexibility index (Phi) is 3.40. The van der Waals surface area contributed by atoms with E-state index in [9.17, 15) is 4.79 Å². The molecular weight excluding hydrogens is 190 g/mol. The van der Waals surface area contributed by atoms with E-state index in [-0.39, 0.29) is 12.3 Å². The van der Waals surface area contributed by atoms with Gasteiger partial charge in [-0.3, -0.25) is 4.79 Å². The number of rotatable bonds is 3. The average Bonchev–Trinajstić information content (AvgIpc) is 2.08. The Morgan fingerprint density at radius 1 is 1.54 bits per heavy atom. The van der Waals surface area contributed by atoms with E-state index in [2.05, 4.69) is 9.97 Å². The Bertz CT molecular complexity index is 321. The lowest BCUT2D eigenvalue weighted by atomic mass is 10.3. The zero-order valence-electron chi connectivity index (χ0n) is 6.77. The lowest BCUT2D eigenvalue weighted by Gasteiger charge is -1.90. The van der Waals surface area contributed by atoms with Crippen molar-refractivity contribution in [2.24, 2.45) is 5.73 Å². The minimum absolute atomic E-state index is 0.186. The van der Waals surface area contributed by atoms with Crippen LogP contribution in [-0.2, 0) is 4.79 Å². The molecule has 1 rings (SSSR count). The van der Waals surface area contributed by atoms with Crippen molar-refractivity contribution in [2.75, 3.05) is 0 Å². The van der Waals surface area contributed by atoms with Crippen LogP contribution >= 0.6 is 11.6 Å². The van der Waals surface area contributed by atoms with Crippen LogP contribution in [0, 0.1) is 0 Å². The monoisotopic (exact) mass is 197 g/mol.